The summed E-state index contributed by atoms with van der Waals surface area (Å²) in [4.78, 5) is 25.9. The minimum absolute atomic E-state index is 0.0229. The van der Waals surface area contributed by atoms with E-state index in [1.807, 2.05) is 6.92 Å². The summed E-state index contributed by atoms with van der Waals surface area (Å²) < 4.78 is 0. The zero-order valence-electron chi connectivity index (χ0n) is 14.9. The molecule has 21 heavy (non-hydrogen) atoms. The molecule has 0 unspecified atom stereocenters. The third kappa shape index (κ3) is 2.19. The van der Waals surface area contributed by atoms with Crippen molar-refractivity contribution in [3.63, 3.8) is 0 Å². The molecule has 0 amide bonds. The maximum Gasteiger partial charge on any atom is 0.167 e. The van der Waals surface area contributed by atoms with E-state index >= 15 is 0 Å². The first kappa shape index (κ1) is 16.7. The van der Waals surface area contributed by atoms with Crippen LogP contribution < -0.4 is 0 Å². The van der Waals surface area contributed by atoms with Gasteiger partial charge in [-0.25, -0.2) is 0 Å². The summed E-state index contributed by atoms with van der Waals surface area (Å²) in [5.74, 6) is 0.204. The zero-order valence-corrected chi connectivity index (χ0v) is 15.9. The summed E-state index contributed by atoms with van der Waals surface area (Å²) in [5.41, 5.74) is -0.787. The van der Waals surface area contributed by atoms with E-state index in [1.54, 1.807) is 0 Å². The molecule has 2 bridgehead atoms. The Kier molecular flexibility index (Phi) is 3.50. The van der Waals surface area contributed by atoms with Gasteiger partial charge in [0.15, 0.2) is 11.6 Å². The number of rotatable bonds is 1. The second-order valence-electron chi connectivity index (χ2n) is 9.45. The summed E-state index contributed by atoms with van der Waals surface area (Å²) in [6.07, 6.45) is 3.73. The first-order valence-electron chi connectivity index (χ1n) is 8.06. The van der Waals surface area contributed by atoms with Crippen molar-refractivity contribution in [1.82, 2.24) is 0 Å². The molecule has 0 heterocycles. The number of hydrogen-bond acceptors (Lipinski definition) is 2. The van der Waals surface area contributed by atoms with Gasteiger partial charge < -0.3 is 0 Å². The van der Waals surface area contributed by atoms with Crippen molar-refractivity contribution in [3.8, 4) is 0 Å². The van der Waals surface area contributed by atoms with Crippen molar-refractivity contribution < 1.29 is 9.59 Å². The van der Waals surface area contributed by atoms with Crippen molar-refractivity contribution in [3.05, 3.63) is 11.3 Å². The molecule has 1 saturated carbocycles. The van der Waals surface area contributed by atoms with E-state index in [4.69, 9.17) is 0 Å². The second kappa shape index (κ2) is 4.40. The largest absolute Gasteiger partial charge is 0.298 e. The van der Waals surface area contributed by atoms with Gasteiger partial charge in [0.05, 0.1) is 13.5 Å². The lowest BCUT2D eigenvalue weighted by molar-refractivity contribution is -0.147. The van der Waals surface area contributed by atoms with Crippen LogP contribution in [0.25, 0.3) is 0 Å². The molecule has 0 spiro atoms. The Morgan fingerprint density at radius 3 is 2.10 bits per heavy atom. The molecule has 0 N–H and O–H groups in total. The maximum atomic E-state index is 13.1. The normalized spacial score (nSPS) is 33.0. The quantitative estimate of drug-likeness (QED) is 0.526. The van der Waals surface area contributed by atoms with Gasteiger partial charge in [-0.05, 0) is 35.4 Å². The van der Waals surface area contributed by atoms with Gasteiger partial charge in [0, 0.05) is 5.92 Å². The van der Waals surface area contributed by atoms with Crippen LogP contribution >= 0.6 is 0 Å². The Morgan fingerprint density at radius 2 is 1.62 bits per heavy atom. The summed E-state index contributed by atoms with van der Waals surface area (Å²) in [7, 11) is -1.91. The highest BCUT2D eigenvalue weighted by molar-refractivity contribution is 6.91. The van der Waals surface area contributed by atoms with Crippen LogP contribution in [0.15, 0.2) is 11.3 Å². The van der Waals surface area contributed by atoms with Gasteiger partial charge in [-0.3, -0.25) is 9.59 Å². The standard InChI is InChI=1S/C18H30O2Si/c1-16(2,3)21(7,8)13-11-12-14(19)18(6,15(13)20)10-9-17(12,4)5/h11-12H,9-10H2,1-8H3/t12-,18+/m0/s1. The van der Waals surface area contributed by atoms with Crippen molar-refractivity contribution in [2.75, 3.05) is 0 Å². The number of fused-ring (bicyclic) bond motifs is 2. The SMILES string of the molecule is CC1(C)CC[C@@]2(C)C(=O)C([Si](C)(C)C(C)(C)C)=C[C@H]1C2=O. The average Bonchev–Trinajstić information content (AvgIpc) is 2.31. The third-order valence-electron chi connectivity index (χ3n) is 6.57. The first-order valence-corrected chi connectivity index (χ1v) is 11.1. The monoisotopic (exact) mass is 306 g/mol. The molecular formula is C18H30O2Si. The fourth-order valence-electron chi connectivity index (χ4n) is 3.51. The topological polar surface area (TPSA) is 34.1 Å². The van der Waals surface area contributed by atoms with Crippen molar-refractivity contribution >= 4 is 19.6 Å². The van der Waals surface area contributed by atoms with Crippen LogP contribution in [-0.4, -0.2) is 19.6 Å². The Labute approximate surface area is 130 Å². The fraction of sp³-hybridized carbons (Fsp3) is 0.778. The summed E-state index contributed by atoms with van der Waals surface area (Å²) >= 11 is 0. The van der Waals surface area contributed by atoms with Crippen LogP contribution in [0.2, 0.25) is 18.1 Å². The van der Waals surface area contributed by atoms with E-state index in [0.717, 1.165) is 11.6 Å². The number of ketones is 2. The smallest absolute Gasteiger partial charge is 0.167 e. The average molecular weight is 307 g/mol. The summed E-state index contributed by atoms with van der Waals surface area (Å²) in [6, 6.07) is 0. The number of Topliss-reactive ketones (excluding diaryl/α,β-unsaturated/α-hetero) is 2. The number of carbonyl (C=O) groups is 2. The highest BCUT2D eigenvalue weighted by Gasteiger charge is 2.58. The predicted octanol–water partition coefficient (Wildman–Crippen LogP) is 4.55. The molecule has 2 aliphatic rings. The van der Waals surface area contributed by atoms with E-state index in [1.165, 1.54) is 0 Å². The molecule has 3 heteroatoms. The Hall–Kier alpha value is -0.703. The second-order valence-corrected chi connectivity index (χ2v) is 14.7. The number of allylic oxidation sites excluding steroid dienone is 2. The summed E-state index contributed by atoms with van der Waals surface area (Å²) in [5, 5.41) is 1.12. The Morgan fingerprint density at radius 1 is 1.10 bits per heavy atom. The van der Waals surface area contributed by atoms with Crippen molar-refractivity contribution in [2.24, 2.45) is 16.7 Å². The lowest BCUT2D eigenvalue weighted by atomic mass is 9.55. The van der Waals surface area contributed by atoms with Crippen LogP contribution in [0.4, 0.5) is 0 Å². The Balaban J connectivity index is 2.64. The molecule has 2 rings (SSSR count). The molecular weight excluding hydrogens is 276 g/mol. The molecule has 2 nitrogen and oxygen atoms in total. The first-order chi connectivity index (χ1) is 9.25. The highest BCUT2D eigenvalue weighted by Crippen LogP contribution is 2.54. The van der Waals surface area contributed by atoms with Crippen molar-refractivity contribution in [2.45, 2.75) is 72.5 Å². The highest BCUT2D eigenvalue weighted by atomic mass is 28.3. The van der Waals surface area contributed by atoms with Crippen LogP contribution in [0.1, 0.15) is 54.4 Å². The zero-order chi connectivity index (χ0) is 16.4. The van der Waals surface area contributed by atoms with E-state index < -0.39 is 13.5 Å². The van der Waals surface area contributed by atoms with Crippen LogP contribution in [0.3, 0.4) is 0 Å². The van der Waals surface area contributed by atoms with E-state index in [9.17, 15) is 9.59 Å². The van der Waals surface area contributed by atoms with Gasteiger partial charge in [0.25, 0.3) is 0 Å². The van der Waals surface area contributed by atoms with E-state index in [2.05, 4.69) is 53.8 Å². The van der Waals surface area contributed by atoms with Gasteiger partial charge in [-0.15, -0.1) is 0 Å². The molecule has 0 radical (unpaired) electrons. The molecule has 0 aromatic heterocycles. The van der Waals surface area contributed by atoms with E-state index in [0.29, 0.717) is 6.42 Å². The predicted molar refractivity (Wildman–Crippen MR) is 89.9 cm³/mol. The Bertz CT molecular complexity index is 534. The maximum absolute atomic E-state index is 13.1. The van der Waals surface area contributed by atoms with Crippen LogP contribution in [0, 0.1) is 16.7 Å². The molecule has 0 saturated heterocycles. The van der Waals surface area contributed by atoms with Gasteiger partial charge in [-0.2, -0.15) is 0 Å². The molecule has 118 valence electrons. The number of carbonyl (C=O) groups excluding carboxylic acids is 2. The third-order valence-corrected chi connectivity index (χ3v) is 12.1. The van der Waals surface area contributed by atoms with Crippen LogP contribution in [-0.2, 0) is 9.59 Å². The van der Waals surface area contributed by atoms with Gasteiger partial charge in [0.1, 0.15) is 0 Å². The molecule has 0 aliphatic heterocycles. The lowest BCUT2D eigenvalue weighted by Crippen LogP contribution is -2.57. The van der Waals surface area contributed by atoms with Crippen molar-refractivity contribution in [1.29, 1.82) is 0 Å². The summed E-state index contributed by atoms with van der Waals surface area (Å²) in [6.45, 7) is 17.5. The van der Waals surface area contributed by atoms with Gasteiger partial charge in [-0.1, -0.05) is 53.8 Å². The van der Waals surface area contributed by atoms with E-state index in [-0.39, 0.29) is 27.9 Å². The molecule has 2 atom stereocenters. The lowest BCUT2D eigenvalue weighted by Gasteiger charge is -2.51. The van der Waals surface area contributed by atoms with Crippen LogP contribution in [0.5, 0.6) is 0 Å². The molecule has 1 fully saturated rings. The fourth-order valence-corrected chi connectivity index (χ4v) is 5.75. The van der Waals surface area contributed by atoms with Gasteiger partial charge in [0.2, 0.25) is 0 Å². The minimum atomic E-state index is -1.91. The molecule has 0 aromatic carbocycles. The molecule has 0 aromatic rings. The van der Waals surface area contributed by atoms with Gasteiger partial charge >= 0.3 is 0 Å². The number of hydrogen-bond donors (Lipinski definition) is 0. The molecule has 2 aliphatic carbocycles. The minimum Gasteiger partial charge on any atom is -0.298 e.